The Morgan fingerprint density at radius 3 is 2.00 bits per heavy atom. The van der Waals surface area contributed by atoms with Gasteiger partial charge < -0.3 is 0 Å². The summed E-state index contributed by atoms with van der Waals surface area (Å²) < 4.78 is 0. The van der Waals surface area contributed by atoms with E-state index in [-0.39, 0.29) is 5.41 Å². The van der Waals surface area contributed by atoms with Crippen LogP contribution in [0.5, 0.6) is 0 Å². The van der Waals surface area contributed by atoms with Crippen molar-refractivity contribution < 1.29 is 0 Å². The summed E-state index contributed by atoms with van der Waals surface area (Å²) in [7, 11) is 0. The molecule has 4 aliphatic carbocycles. The van der Waals surface area contributed by atoms with Crippen LogP contribution in [0.25, 0.3) is 0 Å². The Balaban J connectivity index is 2.06. The van der Waals surface area contributed by atoms with E-state index in [4.69, 9.17) is 0 Å². The van der Waals surface area contributed by atoms with E-state index < -0.39 is 0 Å². The molecule has 2 unspecified atom stereocenters. The van der Waals surface area contributed by atoms with Crippen molar-refractivity contribution in [3.05, 3.63) is 0 Å². The van der Waals surface area contributed by atoms with Gasteiger partial charge in [-0.05, 0) is 55.3 Å². The summed E-state index contributed by atoms with van der Waals surface area (Å²) in [5.41, 5.74) is 1.08. The number of nitrogens with zero attached hydrogens (tertiary/aromatic N) is 1. The summed E-state index contributed by atoms with van der Waals surface area (Å²) in [5, 5.41) is 9.41. The van der Waals surface area contributed by atoms with Crippen molar-refractivity contribution in [2.24, 2.45) is 22.2 Å². The SMILES string of the molecule is C[C@]12CC3CC(C#N)(C1)C[C@@](C)(C3)C2. The van der Waals surface area contributed by atoms with E-state index >= 15 is 0 Å². The Hall–Kier alpha value is -0.510. The third kappa shape index (κ3) is 1.00. The van der Waals surface area contributed by atoms with Crippen LogP contribution in [0.15, 0.2) is 0 Å². The van der Waals surface area contributed by atoms with Crippen molar-refractivity contribution in [1.82, 2.24) is 0 Å². The van der Waals surface area contributed by atoms with Crippen LogP contribution in [-0.4, -0.2) is 0 Å². The summed E-state index contributed by atoms with van der Waals surface area (Å²) in [6.45, 7) is 4.84. The molecule has 0 aromatic carbocycles. The van der Waals surface area contributed by atoms with Gasteiger partial charge in [-0.3, -0.25) is 0 Å². The first-order valence-electron chi connectivity index (χ1n) is 5.88. The van der Waals surface area contributed by atoms with Crippen LogP contribution < -0.4 is 0 Å². The van der Waals surface area contributed by atoms with Gasteiger partial charge in [0.15, 0.2) is 0 Å². The zero-order valence-corrected chi connectivity index (χ0v) is 9.27. The first-order chi connectivity index (χ1) is 6.47. The molecule has 0 radical (unpaired) electrons. The van der Waals surface area contributed by atoms with Crippen LogP contribution in [0.3, 0.4) is 0 Å². The Morgan fingerprint density at radius 1 is 1.00 bits per heavy atom. The molecule has 0 aliphatic heterocycles. The molecule has 76 valence electrons. The molecular weight excluding hydrogens is 170 g/mol. The van der Waals surface area contributed by atoms with Gasteiger partial charge in [0.25, 0.3) is 0 Å². The fraction of sp³-hybridized carbons (Fsp3) is 0.923. The van der Waals surface area contributed by atoms with Crippen molar-refractivity contribution in [3.63, 3.8) is 0 Å². The van der Waals surface area contributed by atoms with Crippen molar-refractivity contribution in [3.8, 4) is 6.07 Å². The van der Waals surface area contributed by atoms with Crippen LogP contribution in [0.2, 0.25) is 0 Å². The van der Waals surface area contributed by atoms with Crippen LogP contribution >= 0.6 is 0 Å². The minimum Gasteiger partial charge on any atom is -0.198 e. The highest BCUT2D eigenvalue weighted by Gasteiger charge is 2.60. The van der Waals surface area contributed by atoms with Gasteiger partial charge in [0.05, 0.1) is 11.5 Å². The number of rotatable bonds is 0. The Bertz CT molecular complexity index is 307. The fourth-order valence-electron chi connectivity index (χ4n) is 5.57. The lowest BCUT2D eigenvalue weighted by molar-refractivity contribution is -0.121. The molecule has 0 aromatic rings. The van der Waals surface area contributed by atoms with E-state index in [1.165, 1.54) is 38.5 Å². The Morgan fingerprint density at radius 2 is 1.57 bits per heavy atom. The maximum absolute atomic E-state index is 9.41. The zero-order valence-electron chi connectivity index (χ0n) is 9.27. The van der Waals surface area contributed by atoms with E-state index in [9.17, 15) is 5.26 Å². The van der Waals surface area contributed by atoms with E-state index in [0.29, 0.717) is 10.8 Å². The van der Waals surface area contributed by atoms with Crippen LogP contribution in [0.4, 0.5) is 0 Å². The number of nitriles is 1. The van der Waals surface area contributed by atoms with Gasteiger partial charge in [-0.1, -0.05) is 13.8 Å². The zero-order chi connectivity index (χ0) is 10.0. The molecule has 4 aliphatic rings. The molecule has 4 atom stereocenters. The third-order valence-corrected chi connectivity index (χ3v) is 4.86. The molecule has 0 amide bonds. The summed E-state index contributed by atoms with van der Waals surface area (Å²) >= 11 is 0. The monoisotopic (exact) mass is 189 g/mol. The predicted octanol–water partition coefficient (Wildman–Crippen LogP) is 3.51. The highest BCUT2D eigenvalue weighted by atomic mass is 14.6. The lowest BCUT2D eigenvalue weighted by Gasteiger charge is -2.63. The molecular formula is C13H19N. The predicted molar refractivity (Wildman–Crippen MR) is 55.5 cm³/mol. The lowest BCUT2D eigenvalue weighted by Crippen LogP contribution is -2.54. The van der Waals surface area contributed by atoms with Gasteiger partial charge in [-0.15, -0.1) is 0 Å². The summed E-state index contributed by atoms with van der Waals surface area (Å²) in [4.78, 5) is 0. The highest BCUT2D eigenvalue weighted by Crippen LogP contribution is 2.69. The number of hydrogen-bond acceptors (Lipinski definition) is 1. The summed E-state index contributed by atoms with van der Waals surface area (Å²) in [6, 6.07) is 2.66. The maximum atomic E-state index is 9.41. The second-order valence-electron chi connectivity index (χ2n) is 7.02. The molecule has 14 heavy (non-hydrogen) atoms. The quantitative estimate of drug-likeness (QED) is 0.572. The third-order valence-electron chi connectivity index (χ3n) is 4.86. The molecule has 1 heteroatoms. The van der Waals surface area contributed by atoms with Crippen LogP contribution in [0, 0.1) is 33.5 Å². The minimum absolute atomic E-state index is 0.0723. The minimum atomic E-state index is 0.0723. The smallest absolute Gasteiger partial charge is 0.0690 e. The van der Waals surface area contributed by atoms with E-state index in [1.807, 2.05) is 0 Å². The Kier molecular flexibility index (Phi) is 1.37. The largest absolute Gasteiger partial charge is 0.198 e. The first kappa shape index (κ1) is 8.77. The van der Waals surface area contributed by atoms with E-state index in [0.717, 1.165) is 5.92 Å². The fourth-order valence-corrected chi connectivity index (χ4v) is 5.57. The molecule has 4 rings (SSSR count). The molecule has 0 aromatic heterocycles. The lowest BCUT2D eigenvalue weighted by atomic mass is 9.41. The maximum Gasteiger partial charge on any atom is 0.0690 e. The van der Waals surface area contributed by atoms with Crippen LogP contribution in [0.1, 0.15) is 52.4 Å². The van der Waals surface area contributed by atoms with Gasteiger partial charge >= 0.3 is 0 Å². The van der Waals surface area contributed by atoms with Crippen LogP contribution in [-0.2, 0) is 0 Å². The molecule has 0 N–H and O–H groups in total. The molecule has 1 nitrogen and oxygen atoms in total. The molecule has 0 spiro atoms. The van der Waals surface area contributed by atoms with E-state index in [2.05, 4.69) is 19.9 Å². The van der Waals surface area contributed by atoms with Gasteiger partial charge in [-0.2, -0.15) is 5.26 Å². The van der Waals surface area contributed by atoms with Crippen molar-refractivity contribution in [2.75, 3.05) is 0 Å². The molecule has 4 bridgehead atoms. The van der Waals surface area contributed by atoms with Gasteiger partial charge in [0, 0.05) is 0 Å². The molecule has 0 heterocycles. The molecule has 0 saturated heterocycles. The molecule has 4 saturated carbocycles. The second kappa shape index (κ2) is 2.18. The molecule has 4 fully saturated rings. The normalized spacial score (nSPS) is 59.9. The standard InChI is InChI=1S/C13H19N/c1-11-3-10-4-12(2,6-11)8-13(5-10,7-11)9-14/h10H,3-8H2,1-2H3/t10?,11-,12+,13?. The average molecular weight is 189 g/mol. The topological polar surface area (TPSA) is 23.8 Å². The van der Waals surface area contributed by atoms with Gasteiger partial charge in [0.1, 0.15) is 0 Å². The second-order valence-corrected chi connectivity index (χ2v) is 7.02. The van der Waals surface area contributed by atoms with Crippen molar-refractivity contribution >= 4 is 0 Å². The summed E-state index contributed by atoms with van der Waals surface area (Å²) in [6.07, 6.45) is 7.73. The highest BCUT2D eigenvalue weighted by molar-refractivity contribution is 5.17. The summed E-state index contributed by atoms with van der Waals surface area (Å²) in [5.74, 6) is 0.862. The first-order valence-corrected chi connectivity index (χ1v) is 5.88. The average Bonchev–Trinajstić information content (AvgIpc) is 1.97. The van der Waals surface area contributed by atoms with Crippen molar-refractivity contribution in [2.45, 2.75) is 52.4 Å². The van der Waals surface area contributed by atoms with Gasteiger partial charge in [0.2, 0.25) is 0 Å². The van der Waals surface area contributed by atoms with Crippen molar-refractivity contribution in [1.29, 1.82) is 5.26 Å². The Labute approximate surface area is 86.5 Å². The van der Waals surface area contributed by atoms with Gasteiger partial charge in [-0.25, -0.2) is 0 Å². The number of hydrogen-bond donors (Lipinski definition) is 0. The van der Waals surface area contributed by atoms with E-state index in [1.54, 1.807) is 0 Å².